The lowest BCUT2D eigenvalue weighted by Gasteiger charge is -2.30. The van der Waals surface area contributed by atoms with Gasteiger partial charge in [-0.1, -0.05) is 6.08 Å². The molecule has 0 aliphatic heterocycles. The van der Waals surface area contributed by atoms with Crippen LogP contribution in [0.4, 0.5) is 0 Å². The number of aromatic nitrogens is 2. The molecule has 0 spiro atoms. The normalized spacial score (nSPS) is 27.4. The molecule has 1 heterocycles. The summed E-state index contributed by atoms with van der Waals surface area (Å²) in [7, 11) is -7.80. The highest BCUT2D eigenvalue weighted by atomic mass is 31.2. The van der Waals surface area contributed by atoms with Crippen molar-refractivity contribution < 1.29 is 37.6 Å². The Labute approximate surface area is 172 Å². The molecular weight excluding hydrogens is 442 g/mol. The molecule has 4 N–H and O–H groups in total. The minimum atomic E-state index is -4.62. The van der Waals surface area contributed by atoms with E-state index in [9.17, 15) is 23.6 Å². The van der Waals surface area contributed by atoms with E-state index in [0.29, 0.717) is 5.82 Å². The third-order valence-corrected chi connectivity index (χ3v) is 6.14. The standard InChI is InChI=1S/C16H26N2O10P2/c1-16(2,3)28-30(24,25)27-14-11(18-7-5-12(19)17-15(18)20)9-10(13(14)26-4)6-8-29(21,22)23/h5-8,10-11,13-14H,9H2,1-4H3,(H,24,25)(H,17,19,20)(H2,21,22,23)/b8-6+/t10-,11-,13+,14-/m0/s1. The van der Waals surface area contributed by atoms with E-state index < -0.39 is 56.4 Å². The second kappa shape index (κ2) is 9.02. The fourth-order valence-corrected chi connectivity index (χ4v) is 5.09. The molecule has 0 bridgehead atoms. The predicted octanol–water partition coefficient (Wildman–Crippen LogP) is 1.10. The van der Waals surface area contributed by atoms with E-state index >= 15 is 0 Å². The van der Waals surface area contributed by atoms with Crippen molar-refractivity contribution in [1.82, 2.24) is 9.55 Å². The van der Waals surface area contributed by atoms with Gasteiger partial charge in [0, 0.05) is 31.1 Å². The number of nitrogens with one attached hydrogen (secondary N) is 1. The van der Waals surface area contributed by atoms with Crippen LogP contribution in [0.5, 0.6) is 0 Å². The highest BCUT2D eigenvalue weighted by Gasteiger charge is 2.49. The molecule has 14 heteroatoms. The summed E-state index contributed by atoms with van der Waals surface area (Å²) >= 11 is 0. The fraction of sp³-hybridized carbons (Fsp3) is 0.625. The Morgan fingerprint density at radius 2 is 1.83 bits per heavy atom. The molecule has 1 fully saturated rings. The largest absolute Gasteiger partial charge is 0.473 e. The summed E-state index contributed by atoms with van der Waals surface area (Å²) in [5, 5.41) is 0. The summed E-state index contributed by atoms with van der Waals surface area (Å²) in [4.78, 5) is 54.2. The van der Waals surface area contributed by atoms with Crippen LogP contribution in [-0.4, -0.2) is 49.2 Å². The van der Waals surface area contributed by atoms with Crippen molar-refractivity contribution in [2.75, 3.05) is 7.11 Å². The number of nitrogens with zero attached hydrogens (tertiary/aromatic N) is 1. The maximum absolute atomic E-state index is 12.6. The van der Waals surface area contributed by atoms with Gasteiger partial charge < -0.3 is 19.4 Å². The number of H-pyrrole nitrogens is 1. The summed E-state index contributed by atoms with van der Waals surface area (Å²) in [5.41, 5.74) is -2.42. The quantitative estimate of drug-likeness (QED) is 0.424. The van der Waals surface area contributed by atoms with Crippen molar-refractivity contribution in [1.29, 1.82) is 0 Å². The predicted molar refractivity (Wildman–Crippen MR) is 106 cm³/mol. The monoisotopic (exact) mass is 468 g/mol. The second-order valence-corrected chi connectivity index (χ2v) is 10.7. The van der Waals surface area contributed by atoms with Crippen LogP contribution in [0.3, 0.4) is 0 Å². The molecule has 1 aromatic rings. The van der Waals surface area contributed by atoms with E-state index in [4.69, 9.17) is 23.6 Å². The number of methoxy groups -OCH3 is 1. The van der Waals surface area contributed by atoms with Crippen LogP contribution in [0.1, 0.15) is 33.2 Å². The van der Waals surface area contributed by atoms with Crippen LogP contribution in [0.15, 0.2) is 33.7 Å². The Kier molecular flexibility index (Phi) is 7.49. The van der Waals surface area contributed by atoms with Gasteiger partial charge in [0.2, 0.25) is 0 Å². The summed E-state index contributed by atoms with van der Waals surface area (Å²) < 4.78 is 40.8. The zero-order chi connectivity index (χ0) is 22.9. The average Bonchev–Trinajstić information content (AvgIpc) is 2.86. The maximum atomic E-state index is 12.6. The van der Waals surface area contributed by atoms with Gasteiger partial charge in [-0.2, -0.15) is 0 Å². The van der Waals surface area contributed by atoms with Crippen LogP contribution < -0.4 is 11.2 Å². The van der Waals surface area contributed by atoms with Gasteiger partial charge in [0.15, 0.2) is 0 Å². The molecular formula is C16H26N2O10P2. The second-order valence-electron chi connectivity index (χ2n) is 7.86. The molecule has 30 heavy (non-hydrogen) atoms. The molecule has 0 aromatic carbocycles. The zero-order valence-corrected chi connectivity index (χ0v) is 18.7. The Hall–Kier alpha value is -1.36. The van der Waals surface area contributed by atoms with Crippen molar-refractivity contribution in [2.45, 2.75) is 51.0 Å². The molecule has 1 unspecified atom stereocenters. The lowest BCUT2D eigenvalue weighted by atomic mass is 10.1. The molecule has 1 aliphatic rings. The first kappa shape index (κ1) is 24.9. The Morgan fingerprint density at radius 1 is 1.20 bits per heavy atom. The smallest absolute Gasteiger partial charge is 0.378 e. The van der Waals surface area contributed by atoms with E-state index in [1.165, 1.54) is 19.4 Å². The number of ether oxygens (including phenoxy) is 1. The van der Waals surface area contributed by atoms with Crippen molar-refractivity contribution in [3.05, 3.63) is 45.0 Å². The SMILES string of the molecule is CO[C@H]1[C@@H](OP(=O)(O)OC(C)(C)C)[C@@H](n2ccc(=O)[nH]c2=O)C[C@@H]1/C=C/P(=O)(O)O. The first-order chi connectivity index (χ1) is 13.6. The third-order valence-electron chi connectivity index (χ3n) is 4.29. The first-order valence-corrected chi connectivity index (χ1v) is 12.1. The maximum Gasteiger partial charge on any atom is 0.473 e. The zero-order valence-electron chi connectivity index (χ0n) is 16.9. The Bertz CT molecular complexity index is 989. The van der Waals surface area contributed by atoms with E-state index in [2.05, 4.69) is 4.98 Å². The first-order valence-electron chi connectivity index (χ1n) is 8.93. The van der Waals surface area contributed by atoms with Gasteiger partial charge >= 0.3 is 21.1 Å². The van der Waals surface area contributed by atoms with Gasteiger partial charge in [-0.05, 0) is 27.2 Å². The molecule has 2 rings (SSSR count). The van der Waals surface area contributed by atoms with Gasteiger partial charge in [-0.3, -0.25) is 28.0 Å². The van der Waals surface area contributed by atoms with Gasteiger partial charge in [-0.25, -0.2) is 9.36 Å². The molecule has 170 valence electrons. The average molecular weight is 468 g/mol. The molecule has 0 radical (unpaired) electrons. The molecule has 0 amide bonds. The van der Waals surface area contributed by atoms with Crippen LogP contribution >= 0.6 is 15.4 Å². The topological polar surface area (TPSA) is 177 Å². The molecule has 12 nitrogen and oxygen atoms in total. The number of phosphoric ester groups is 1. The van der Waals surface area contributed by atoms with E-state index in [1.54, 1.807) is 20.8 Å². The minimum Gasteiger partial charge on any atom is -0.378 e. The lowest BCUT2D eigenvalue weighted by molar-refractivity contribution is -0.0326. The molecule has 1 saturated carbocycles. The van der Waals surface area contributed by atoms with Gasteiger partial charge in [0.05, 0.1) is 17.7 Å². The number of aromatic amines is 1. The molecule has 0 saturated heterocycles. The highest BCUT2D eigenvalue weighted by Crippen LogP contribution is 2.53. The van der Waals surface area contributed by atoms with Gasteiger partial charge in [-0.15, -0.1) is 0 Å². The Morgan fingerprint density at radius 3 is 2.33 bits per heavy atom. The van der Waals surface area contributed by atoms with Crippen LogP contribution in [0.25, 0.3) is 0 Å². The van der Waals surface area contributed by atoms with Crippen LogP contribution in [-0.2, 0) is 22.9 Å². The van der Waals surface area contributed by atoms with Crippen molar-refractivity contribution in [3.63, 3.8) is 0 Å². The summed E-state index contributed by atoms with van der Waals surface area (Å²) in [6.07, 6.45) is 0.344. The number of rotatable bonds is 7. The molecule has 1 aliphatic carbocycles. The highest BCUT2D eigenvalue weighted by molar-refractivity contribution is 7.55. The number of hydrogen-bond acceptors (Lipinski definition) is 7. The third kappa shape index (κ3) is 6.83. The Balaban J connectivity index is 2.48. The summed E-state index contributed by atoms with van der Waals surface area (Å²) in [6.45, 7) is 4.66. The van der Waals surface area contributed by atoms with Crippen molar-refractivity contribution in [3.8, 4) is 0 Å². The summed E-state index contributed by atoms with van der Waals surface area (Å²) in [5.74, 6) is 0.0225. The summed E-state index contributed by atoms with van der Waals surface area (Å²) in [6, 6.07) is 0.207. The van der Waals surface area contributed by atoms with E-state index in [0.717, 1.165) is 10.6 Å². The van der Waals surface area contributed by atoms with Gasteiger partial charge in [0.25, 0.3) is 5.56 Å². The van der Waals surface area contributed by atoms with E-state index in [-0.39, 0.29) is 6.42 Å². The van der Waals surface area contributed by atoms with Crippen LogP contribution in [0, 0.1) is 5.92 Å². The minimum absolute atomic E-state index is 0.0706. The lowest BCUT2D eigenvalue weighted by Crippen LogP contribution is -2.39. The number of hydrogen-bond donors (Lipinski definition) is 4. The van der Waals surface area contributed by atoms with Crippen LogP contribution in [0.2, 0.25) is 0 Å². The molecule has 1 aromatic heterocycles. The molecule has 5 atom stereocenters. The number of phosphoric acid groups is 1. The van der Waals surface area contributed by atoms with Gasteiger partial charge in [0.1, 0.15) is 6.10 Å². The van der Waals surface area contributed by atoms with E-state index in [1.807, 2.05) is 0 Å². The van der Waals surface area contributed by atoms with Crippen molar-refractivity contribution >= 4 is 15.4 Å². The van der Waals surface area contributed by atoms with Crippen molar-refractivity contribution in [2.24, 2.45) is 5.92 Å². The fourth-order valence-electron chi connectivity index (χ4n) is 3.34.